The number of hydrogen-bond donors (Lipinski definition) is 2. The zero-order valence-corrected chi connectivity index (χ0v) is 7.81. The van der Waals surface area contributed by atoms with E-state index in [2.05, 4.69) is 5.48 Å². The Hall–Kier alpha value is -0.120. The molecular weight excluding hydrogens is 154 g/mol. The van der Waals surface area contributed by atoms with Gasteiger partial charge in [0.25, 0.3) is 0 Å². The molecule has 0 aromatic heterocycles. The summed E-state index contributed by atoms with van der Waals surface area (Å²) in [4.78, 5) is 4.99. The van der Waals surface area contributed by atoms with Crippen LogP contribution in [0.5, 0.6) is 0 Å². The number of hydroxylamine groups is 1. The summed E-state index contributed by atoms with van der Waals surface area (Å²) in [7, 11) is 0. The van der Waals surface area contributed by atoms with E-state index < -0.39 is 5.60 Å². The minimum Gasteiger partial charge on any atom is -0.388 e. The molecule has 72 valence electrons. The average molecular weight is 173 g/mol. The third kappa shape index (κ3) is 3.09. The molecule has 0 saturated heterocycles. The van der Waals surface area contributed by atoms with Gasteiger partial charge in [-0.25, -0.2) is 0 Å². The average Bonchev–Trinajstić information content (AvgIpc) is 2.06. The fourth-order valence-electron chi connectivity index (χ4n) is 1.67. The van der Waals surface area contributed by atoms with Gasteiger partial charge in [0.15, 0.2) is 0 Å². The van der Waals surface area contributed by atoms with E-state index >= 15 is 0 Å². The van der Waals surface area contributed by atoms with E-state index in [9.17, 15) is 5.11 Å². The third-order valence-electron chi connectivity index (χ3n) is 2.43. The molecule has 1 saturated carbocycles. The largest absolute Gasteiger partial charge is 0.388 e. The fourth-order valence-corrected chi connectivity index (χ4v) is 1.67. The summed E-state index contributed by atoms with van der Waals surface area (Å²) in [5, 5.41) is 9.96. The molecule has 1 rings (SSSR count). The molecule has 3 nitrogen and oxygen atoms in total. The van der Waals surface area contributed by atoms with Crippen molar-refractivity contribution < 1.29 is 9.94 Å². The SMILES string of the molecule is CCONCC1(O)CCCCC1. The predicted octanol–water partition coefficient (Wildman–Crippen LogP) is 1.22. The quantitative estimate of drug-likeness (QED) is 0.496. The van der Waals surface area contributed by atoms with Gasteiger partial charge in [0.1, 0.15) is 0 Å². The molecule has 0 heterocycles. The van der Waals surface area contributed by atoms with Crippen LogP contribution in [0.25, 0.3) is 0 Å². The summed E-state index contributed by atoms with van der Waals surface area (Å²) in [5.74, 6) is 0. The zero-order valence-electron chi connectivity index (χ0n) is 7.81. The summed E-state index contributed by atoms with van der Waals surface area (Å²) in [5.41, 5.74) is 2.29. The van der Waals surface area contributed by atoms with Crippen LogP contribution in [0.4, 0.5) is 0 Å². The fraction of sp³-hybridized carbons (Fsp3) is 1.00. The van der Waals surface area contributed by atoms with E-state index in [0.717, 1.165) is 25.7 Å². The van der Waals surface area contributed by atoms with E-state index in [1.807, 2.05) is 6.92 Å². The Bertz CT molecular complexity index is 122. The van der Waals surface area contributed by atoms with Crippen LogP contribution >= 0.6 is 0 Å². The van der Waals surface area contributed by atoms with Gasteiger partial charge in [-0.3, -0.25) is 0 Å². The smallest absolute Gasteiger partial charge is 0.0794 e. The molecule has 0 aromatic rings. The first-order valence-electron chi connectivity index (χ1n) is 4.84. The number of aliphatic hydroxyl groups is 1. The predicted molar refractivity (Wildman–Crippen MR) is 47.7 cm³/mol. The van der Waals surface area contributed by atoms with Gasteiger partial charge in [0, 0.05) is 6.54 Å². The van der Waals surface area contributed by atoms with Crippen LogP contribution in [0.2, 0.25) is 0 Å². The Balaban J connectivity index is 2.17. The highest BCUT2D eigenvalue weighted by molar-refractivity contribution is 4.82. The van der Waals surface area contributed by atoms with Crippen molar-refractivity contribution in [1.82, 2.24) is 5.48 Å². The maximum atomic E-state index is 9.96. The number of hydrogen-bond acceptors (Lipinski definition) is 3. The van der Waals surface area contributed by atoms with Gasteiger partial charge >= 0.3 is 0 Å². The molecule has 0 unspecified atom stereocenters. The van der Waals surface area contributed by atoms with E-state index in [1.54, 1.807) is 0 Å². The van der Waals surface area contributed by atoms with Crippen LogP contribution in [0.15, 0.2) is 0 Å². The summed E-state index contributed by atoms with van der Waals surface area (Å²) < 4.78 is 0. The molecule has 2 N–H and O–H groups in total. The van der Waals surface area contributed by atoms with Crippen molar-refractivity contribution in [2.75, 3.05) is 13.2 Å². The highest BCUT2D eigenvalue weighted by Gasteiger charge is 2.28. The van der Waals surface area contributed by atoms with E-state index in [-0.39, 0.29) is 0 Å². The van der Waals surface area contributed by atoms with Crippen LogP contribution in [0.1, 0.15) is 39.0 Å². The Labute approximate surface area is 74.1 Å². The minimum absolute atomic E-state index is 0.507. The first-order chi connectivity index (χ1) is 5.77. The normalized spacial score (nSPS) is 22.5. The van der Waals surface area contributed by atoms with Crippen molar-refractivity contribution in [1.29, 1.82) is 0 Å². The number of nitrogens with one attached hydrogen (secondary N) is 1. The Morgan fingerprint density at radius 3 is 2.58 bits per heavy atom. The molecule has 0 amide bonds. The topological polar surface area (TPSA) is 41.5 Å². The van der Waals surface area contributed by atoms with Gasteiger partial charge in [0.2, 0.25) is 0 Å². The highest BCUT2D eigenvalue weighted by atomic mass is 16.6. The molecule has 3 heteroatoms. The summed E-state index contributed by atoms with van der Waals surface area (Å²) in [6.45, 7) is 3.15. The maximum Gasteiger partial charge on any atom is 0.0794 e. The van der Waals surface area contributed by atoms with Crippen LogP contribution < -0.4 is 5.48 Å². The molecule has 1 aliphatic carbocycles. The lowest BCUT2D eigenvalue weighted by Gasteiger charge is -2.31. The molecule has 0 aromatic carbocycles. The van der Waals surface area contributed by atoms with Crippen LogP contribution in [0.3, 0.4) is 0 Å². The van der Waals surface area contributed by atoms with E-state index in [4.69, 9.17) is 4.84 Å². The molecule has 1 aliphatic rings. The Morgan fingerprint density at radius 1 is 1.33 bits per heavy atom. The van der Waals surface area contributed by atoms with Gasteiger partial charge in [-0.05, 0) is 19.8 Å². The molecule has 0 bridgehead atoms. The minimum atomic E-state index is -0.507. The molecule has 1 fully saturated rings. The Morgan fingerprint density at radius 2 is 2.00 bits per heavy atom. The van der Waals surface area contributed by atoms with Crippen LogP contribution in [-0.2, 0) is 4.84 Å². The second-order valence-corrected chi connectivity index (χ2v) is 3.54. The standard InChI is InChI=1S/C9H19NO2/c1-2-12-10-8-9(11)6-4-3-5-7-9/h10-11H,2-8H2,1H3. The van der Waals surface area contributed by atoms with Gasteiger partial charge in [-0.2, -0.15) is 5.48 Å². The first-order valence-corrected chi connectivity index (χ1v) is 4.84. The van der Waals surface area contributed by atoms with Gasteiger partial charge in [-0.15, -0.1) is 0 Å². The van der Waals surface area contributed by atoms with Crippen molar-refractivity contribution in [2.24, 2.45) is 0 Å². The summed E-state index contributed by atoms with van der Waals surface area (Å²) >= 11 is 0. The molecular formula is C9H19NO2. The highest BCUT2D eigenvalue weighted by Crippen LogP contribution is 2.27. The van der Waals surface area contributed by atoms with Crippen molar-refractivity contribution in [3.8, 4) is 0 Å². The molecule has 0 atom stereocenters. The number of rotatable bonds is 4. The van der Waals surface area contributed by atoms with Crippen molar-refractivity contribution in [2.45, 2.75) is 44.6 Å². The molecule has 12 heavy (non-hydrogen) atoms. The van der Waals surface area contributed by atoms with Gasteiger partial charge < -0.3 is 9.94 Å². The molecule has 0 radical (unpaired) electrons. The van der Waals surface area contributed by atoms with Crippen molar-refractivity contribution >= 4 is 0 Å². The maximum absolute atomic E-state index is 9.96. The van der Waals surface area contributed by atoms with Crippen LogP contribution in [0, 0.1) is 0 Å². The molecule has 0 aliphatic heterocycles. The second kappa shape index (κ2) is 4.80. The Kier molecular flexibility index (Phi) is 3.98. The summed E-state index contributed by atoms with van der Waals surface area (Å²) in [6, 6.07) is 0. The van der Waals surface area contributed by atoms with Gasteiger partial charge in [-0.1, -0.05) is 19.3 Å². The lowest BCUT2D eigenvalue weighted by molar-refractivity contribution is -0.0473. The third-order valence-corrected chi connectivity index (χ3v) is 2.43. The van der Waals surface area contributed by atoms with Crippen molar-refractivity contribution in [3.05, 3.63) is 0 Å². The molecule has 0 spiro atoms. The van der Waals surface area contributed by atoms with Crippen molar-refractivity contribution in [3.63, 3.8) is 0 Å². The first kappa shape index (κ1) is 9.96. The monoisotopic (exact) mass is 173 g/mol. The van der Waals surface area contributed by atoms with Gasteiger partial charge in [0.05, 0.1) is 12.2 Å². The lowest BCUT2D eigenvalue weighted by atomic mass is 9.85. The van der Waals surface area contributed by atoms with E-state index in [1.165, 1.54) is 6.42 Å². The summed E-state index contributed by atoms with van der Waals surface area (Å²) in [6.07, 6.45) is 5.37. The van der Waals surface area contributed by atoms with E-state index in [0.29, 0.717) is 13.2 Å². The van der Waals surface area contributed by atoms with Crippen LogP contribution in [-0.4, -0.2) is 23.9 Å². The second-order valence-electron chi connectivity index (χ2n) is 3.54. The zero-order chi connectivity index (χ0) is 8.86. The lowest BCUT2D eigenvalue weighted by Crippen LogP contribution is -2.42.